The molecule has 4 heteroatoms. The number of aliphatic hydroxyl groups excluding tert-OH is 1. The lowest BCUT2D eigenvalue weighted by molar-refractivity contribution is -0.128. The van der Waals surface area contributed by atoms with E-state index in [2.05, 4.69) is 5.32 Å². The number of carbonyl (C=O) groups excluding carboxylic acids is 1. The monoisotopic (exact) mass is 188 g/mol. The Hall–Kier alpha value is -0.610. The largest absolute Gasteiger partial charge is 0.394 e. The molecule has 0 radical (unpaired) electrons. The second-order valence-corrected chi connectivity index (χ2v) is 4.27. The van der Waals surface area contributed by atoms with Gasteiger partial charge in [-0.1, -0.05) is 6.92 Å². The summed E-state index contributed by atoms with van der Waals surface area (Å²) in [5, 5.41) is 11.6. The van der Waals surface area contributed by atoms with Gasteiger partial charge in [0.15, 0.2) is 0 Å². The molecular weight excluding hydrogens is 168 g/mol. The first-order valence-corrected chi connectivity index (χ1v) is 4.47. The quantitative estimate of drug-likeness (QED) is 0.581. The topological polar surface area (TPSA) is 75.4 Å². The summed E-state index contributed by atoms with van der Waals surface area (Å²) in [5.74, 6) is -0.318. The van der Waals surface area contributed by atoms with Crippen LogP contribution < -0.4 is 11.1 Å². The van der Waals surface area contributed by atoms with E-state index < -0.39 is 5.54 Å². The summed E-state index contributed by atoms with van der Waals surface area (Å²) >= 11 is 0. The van der Waals surface area contributed by atoms with Gasteiger partial charge in [-0.2, -0.15) is 0 Å². The Morgan fingerprint density at radius 2 is 1.92 bits per heavy atom. The molecule has 0 rings (SSSR count). The molecule has 0 aliphatic carbocycles. The smallest absolute Gasteiger partial charge is 0.242 e. The van der Waals surface area contributed by atoms with Gasteiger partial charge in [0, 0.05) is 5.54 Å². The number of rotatable bonds is 4. The number of hydrogen-bond acceptors (Lipinski definition) is 3. The van der Waals surface area contributed by atoms with E-state index in [1.54, 1.807) is 0 Å². The van der Waals surface area contributed by atoms with Gasteiger partial charge in [0.1, 0.15) is 5.54 Å². The van der Waals surface area contributed by atoms with E-state index in [0.717, 1.165) is 6.42 Å². The average molecular weight is 188 g/mol. The molecule has 0 saturated heterocycles. The van der Waals surface area contributed by atoms with Gasteiger partial charge < -0.3 is 16.2 Å². The second kappa shape index (κ2) is 4.07. The minimum Gasteiger partial charge on any atom is -0.394 e. The Labute approximate surface area is 79.5 Å². The van der Waals surface area contributed by atoms with Crippen molar-refractivity contribution in [3.63, 3.8) is 0 Å². The maximum atomic E-state index is 11.5. The zero-order valence-electron chi connectivity index (χ0n) is 8.85. The number of nitrogens with one attached hydrogen (secondary N) is 1. The zero-order chi connectivity index (χ0) is 10.7. The van der Waals surface area contributed by atoms with Gasteiger partial charge in [-0.3, -0.25) is 4.79 Å². The Bertz CT molecular complexity index is 188. The molecular formula is C9H20N2O2. The molecule has 0 spiro atoms. The summed E-state index contributed by atoms with van der Waals surface area (Å²) in [4.78, 5) is 11.5. The van der Waals surface area contributed by atoms with Gasteiger partial charge in [-0.15, -0.1) is 0 Å². The van der Waals surface area contributed by atoms with E-state index in [-0.39, 0.29) is 18.1 Å². The minimum absolute atomic E-state index is 0.271. The number of carbonyl (C=O) groups is 1. The van der Waals surface area contributed by atoms with Crippen LogP contribution in [0.3, 0.4) is 0 Å². The van der Waals surface area contributed by atoms with Gasteiger partial charge in [-0.25, -0.2) is 0 Å². The van der Waals surface area contributed by atoms with E-state index in [0.29, 0.717) is 0 Å². The highest BCUT2D eigenvalue weighted by atomic mass is 16.3. The standard InChI is InChI=1S/C9H20N2O2/c1-5-8(2,3)11-7(13)9(4,10)6-12/h12H,5-6,10H2,1-4H3,(H,11,13). The van der Waals surface area contributed by atoms with Crippen LogP contribution in [-0.2, 0) is 4.79 Å². The molecule has 4 N–H and O–H groups in total. The molecule has 0 heterocycles. The highest BCUT2D eigenvalue weighted by Crippen LogP contribution is 2.09. The SMILES string of the molecule is CCC(C)(C)NC(=O)C(C)(N)CO. The van der Waals surface area contributed by atoms with Gasteiger partial charge in [0.05, 0.1) is 6.61 Å². The highest BCUT2D eigenvalue weighted by Gasteiger charge is 2.30. The summed E-state index contributed by atoms with van der Waals surface area (Å²) < 4.78 is 0. The summed E-state index contributed by atoms with van der Waals surface area (Å²) in [6.07, 6.45) is 0.820. The fraction of sp³-hybridized carbons (Fsp3) is 0.889. The van der Waals surface area contributed by atoms with Gasteiger partial charge in [0.2, 0.25) is 5.91 Å². The predicted octanol–water partition coefficient (Wildman–Crippen LogP) is 0.000900. The molecule has 0 saturated carbocycles. The van der Waals surface area contributed by atoms with Crippen molar-refractivity contribution in [3.8, 4) is 0 Å². The van der Waals surface area contributed by atoms with E-state index >= 15 is 0 Å². The molecule has 0 aliphatic heterocycles. The summed E-state index contributed by atoms with van der Waals surface area (Å²) in [6.45, 7) is 6.97. The first-order chi connectivity index (χ1) is 5.75. The first kappa shape index (κ1) is 12.4. The number of hydrogen-bond donors (Lipinski definition) is 3. The molecule has 1 atom stereocenters. The fourth-order valence-corrected chi connectivity index (χ4v) is 0.610. The summed E-state index contributed by atoms with van der Waals surface area (Å²) in [7, 11) is 0. The molecule has 0 aliphatic rings. The van der Waals surface area contributed by atoms with E-state index in [4.69, 9.17) is 10.8 Å². The molecule has 78 valence electrons. The highest BCUT2D eigenvalue weighted by molar-refractivity contribution is 5.86. The summed E-state index contributed by atoms with van der Waals surface area (Å²) in [6, 6.07) is 0. The molecule has 0 aromatic rings. The van der Waals surface area contributed by atoms with Crippen LogP contribution in [0.2, 0.25) is 0 Å². The fourth-order valence-electron chi connectivity index (χ4n) is 0.610. The van der Waals surface area contributed by atoms with Crippen LogP contribution in [-0.4, -0.2) is 28.7 Å². The normalized spacial score (nSPS) is 16.5. The van der Waals surface area contributed by atoms with Crippen molar-refractivity contribution < 1.29 is 9.90 Å². The van der Waals surface area contributed by atoms with E-state index in [1.165, 1.54) is 6.92 Å². The Kier molecular flexibility index (Phi) is 3.88. The van der Waals surface area contributed by atoms with Crippen molar-refractivity contribution in [1.29, 1.82) is 0 Å². The van der Waals surface area contributed by atoms with Crippen LogP contribution in [0, 0.1) is 0 Å². The molecule has 0 aromatic heterocycles. The van der Waals surface area contributed by atoms with Crippen LogP contribution in [0.4, 0.5) is 0 Å². The van der Waals surface area contributed by atoms with Crippen molar-refractivity contribution in [1.82, 2.24) is 5.32 Å². The first-order valence-electron chi connectivity index (χ1n) is 4.47. The maximum absolute atomic E-state index is 11.5. The van der Waals surface area contributed by atoms with Crippen molar-refractivity contribution >= 4 is 5.91 Å². The molecule has 0 bridgehead atoms. The Morgan fingerprint density at radius 3 is 2.23 bits per heavy atom. The van der Waals surface area contributed by atoms with Crippen molar-refractivity contribution in [2.75, 3.05) is 6.61 Å². The zero-order valence-corrected chi connectivity index (χ0v) is 8.85. The second-order valence-electron chi connectivity index (χ2n) is 4.27. The predicted molar refractivity (Wildman–Crippen MR) is 52.2 cm³/mol. The molecule has 0 fully saturated rings. The third kappa shape index (κ3) is 3.74. The van der Waals surface area contributed by atoms with Crippen LogP contribution >= 0.6 is 0 Å². The van der Waals surface area contributed by atoms with Gasteiger partial charge >= 0.3 is 0 Å². The molecule has 1 amide bonds. The number of nitrogens with two attached hydrogens (primary N) is 1. The molecule has 1 unspecified atom stereocenters. The minimum atomic E-state index is -1.19. The van der Waals surface area contributed by atoms with Crippen LogP contribution in [0.25, 0.3) is 0 Å². The molecule has 0 aromatic carbocycles. The number of aliphatic hydroxyl groups is 1. The summed E-state index contributed by atoms with van der Waals surface area (Å²) in [5.41, 5.74) is 4.10. The van der Waals surface area contributed by atoms with Crippen molar-refractivity contribution in [2.45, 2.75) is 45.2 Å². The lowest BCUT2D eigenvalue weighted by Gasteiger charge is -2.30. The maximum Gasteiger partial charge on any atom is 0.242 e. The number of amides is 1. The van der Waals surface area contributed by atoms with Gasteiger partial charge in [-0.05, 0) is 27.2 Å². The van der Waals surface area contributed by atoms with Gasteiger partial charge in [0.25, 0.3) is 0 Å². The lowest BCUT2D eigenvalue weighted by Crippen LogP contribution is -2.58. The molecule has 13 heavy (non-hydrogen) atoms. The lowest BCUT2D eigenvalue weighted by atomic mass is 9.98. The van der Waals surface area contributed by atoms with Crippen molar-refractivity contribution in [3.05, 3.63) is 0 Å². The third-order valence-electron chi connectivity index (χ3n) is 2.18. The van der Waals surface area contributed by atoms with E-state index in [1.807, 2.05) is 20.8 Å². The average Bonchev–Trinajstić information content (AvgIpc) is 2.04. The van der Waals surface area contributed by atoms with Crippen LogP contribution in [0.15, 0.2) is 0 Å². The van der Waals surface area contributed by atoms with Crippen LogP contribution in [0.1, 0.15) is 34.1 Å². The van der Waals surface area contributed by atoms with Crippen LogP contribution in [0.5, 0.6) is 0 Å². The Balaban J connectivity index is 4.31. The van der Waals surface area contributed by atoms with E-state index in [9.17, 15) is 4.79 Å². The Morgan fingerprint density at radius 1 is 1.46 bits per heavy atom. The molecule has 4 nitrogen and oxygen atoms in total. The van der Waals surface area contributed by atoms with Crippen molar-refractivity contribution in [2.24, 2.45) is 5.73 Å². The third-order valence-corrected chi connectivity index (χ3v) is 2.18.